The van der Waals surface area contributed by atoms with Crippen LogP contribution in [0, 0.1) is 5.41 Å². The number of hydrogen-bond acceptors (Lipinski definition) is 4. The van der Waals surface area contributed by atoms with Crippen LogP contribution in [0.1, 0.15) is 53.4 Å². The predicted molar refractivity (Wildman–Crippen MR) is 74.1 cm³/mol. The molecule has 0 aliphatic heterocycles. The molecule has 0 spiro atoms. The van der Waals surface area contributed by atoms with Crippen LogP contribution in [0.3, 0.4) is 0 Å². The third-order valence-electron chi connectivity index (χ3n) is 4.40. The molecule has 0 aliphatic carbocycles. The molecule has 0 aromatic rings. The number of hydrogen-bond donors (Lipinski definition) is 3. The summed E-state index contributed by atoms with van der Waals surface area (Å²) in [5, 5.41) is 27.8. The Hall–Kier alpha value is -1.63. The van der Waals surface area contributed by atoms with Crippen LogP contribution in [-0.4, -0.2) is 44.9 Å². The van der Waals surface area contributed by atoms with E-state index in [0.29, 0.717) is 19.3 Å². The number of carbonyl (C=O) groups is 3. The van der Waals surface area contributed by atoms with E-state index in [4.69, 9.17) is 4.74 Å². The summed E-state index contributed by atoms with van der Waals surface area (Å²) in [4.78, 5) is 34.2. The fraction of sp³-hybridized carbons (Fsp3) is 0.786. The first-order valence-electron chi connectivity index (χ1n) is 7.04. The standard InChI is InChI=1S/C14H24O7/c1-5-13(6-2,7-3)9(10(15)16)21-14(8-4,11(17)18)12(19)20/h9H,5-8H2,1-4H3,(H,15,16)(H,17,18)(H,19,20). The molecule has 0 amide bonds. The topological polar surface area (TPSA) is 121 Å². The molecule has 0 radical (unpaired) electrons. The third kappa shape index (κ3) is 3.53. The summed E-state index contributed by atoms with van der Waals surface area (Å²) in [6, 6.07) is 0. The predicted octanol–water partition coefficient (Wildman–Crippen LogP) is 1.99. The number of ether oxygens (including phenoxy) is 1. The fourth-order valence-corrected chi connectivity index (χ4v) is 2.52. The van der Waals surface area contributed by atoms with Gasteiger partial charge in [0, 0.05) is 5.41 Å². The maximum atomic E-state index is 11.6. The first kappa shape index (κ1) is 19.4. The van der Waals surface area contributed by atoms with Crippen LogP contribution in [-0.2, 0) is 19.1 Å². The lowest BCUT2D eigenvalue weighted by Crippen LogP contribution is -2.56. The molecular formula is C14H24O7. The average Bonchev–Trinajstić information content (AvgIpc) is 2.43. The van der Waals surface area contributed by atoms with Crippen molar-refractivity contribution in [1.29, 1.82) is 0 Å². The van der Waals surface area contributed by atoms with Crippen LogP contribution >= 0.6 is 0 Å². The minimum Gasteiger partial charge on any atom is -0.479 e. The minimum atomic E-state index is -2.55. The highest BCUT2D eigenvalue weighted by Gasteiger charge is 2.53. The van der Waals surface area contributed by atoms with Crippen molar-refractivity contribution in [2.24, 2.45) is 5.41 Å². The molecule has 0 heterocycles. The van der Waals surface area contributed by atoms with E-state index >= 15 is 0 Å². The summed E-state index contributed by atoms with van der Waals surface area (Å²) in [6.07, 6.45) is -0.541. The largest absolute Gasteiger partial charge is 0.479 e. The van der Waals surface area contributed by atoms with E-state index in [1.807, 2.05) is 0 Å². The van der Waals surface area contributed by atoms with Gasteiger partial charge in [0.25, 0.3) is 5.60 Å². The zero-order valence-electron chi connectivity index (χ0n) is 12.9. The Morgan fingerprint density at radius 3 is 1.43 bits per heavy atom. The fourth-order valence-electron chi connectivity index (χ4n) is 2.52. The first-order chi connectivity index (χ1) is 9.67. The highest BCUT2D eigenvalue weighted by molar-refractivity contribution is 6.02. The molecule has 1 unspecified atom stereocenters. The van der Waals surface area contributed by atoms with Crippen molar-refractivity contribution in [3.8, 4) is 0 Å². The number of carboxylic acid groups (broad SMARTS) is 3. The second-order valence-electron chi connectivity index (χ2n) is 5.05. The summed E-state index contributed by atoms with van der Waals surface area (Å²) in [6.45, 7) is 6.68. The maximum absolute atomic E-state index is 11.6. The molecule has 0 rings (SSSR count). The van der Waals surface area contributed by atoms with Gasteiger partial charge >= 0.3 is 17.9 Å². The van der Waals surface area contributed by atoms with Gasteiger partial charge in [-0.05, 0) is 25.7 Å². The molecule has 7 heteroatoms. The molecule has 3 N–H and O–H groups in total. The zero-order chi connectivity index (χ0) is 16.8. The molecule has 0 fully saturated rings. The van der Waals surface area contributed by atoms with Crippen LogP contribution < -0.4 is 0 Å². The van der Waals surface area contributed by atoms with E-state index in [2.05, 4.69) is 0 Å². The van der Waals surface area contributed by atoms with Crippen LogP contribution in [0.25, 0.3) is 0 Å². The summed E-state index contributed by atoms with van der Waals surface area (Å²) >= 11 is 0. The normalized spacial score (nSPS) is 13.7. The van der Waals surface area contributed by atoms with E-state index in [1.165, 1.54) is 6.92 Å². The van der Waals surface area contributed by atoms with Gasteiger partial charge in [-0.25, -0.2) is 14.4 Å². The van der Waals surface area contributed by atoms with Crippen molar-refractivity contribution in [3.63, 3.8) is 0 Å². The Bertz CT molecular complexity index is 376. The lowest BCUT2D eigenvalue weighted by molar-refractivity contribution is -0.207. The number of rotatable bonds is 10. The van der Waals surface area contributed by atoms with Crippen LogP contribution in [0.15, 0.2) is 0 Å². The molecule has 0 aromatic heterocycles. The van der Waals surface area contributed by atoms with E-state index in [9.17, 15) is 29.7 Å². The quantitative estimate of drug-likeness (QED) is 0.528. The van der Waals surface area contributed by atoms with Crippen LogP contribution in [0.5, 0.6) is 0 Å². The SMILES string of the molecule is CCC(OC(C(=O)O)C(CC)(CC)CC)(C(=O)O)C(=O)O. The lowest BCUT2D eigenvalue weighted by Gasteiger charge is -2.39. The molecule has 0 saturated carbocycles. The minimum absolute atomic E-state index is 0.366. The van der Waals surface area contributed by atoms with Crippen LogP contribution in [0.4, 0.5) is 0 Å². The summed E-state index contributed by atoms with van der Waals surface area (Å²) in [5.74, 6) is -4.73. The zero-order valence-corrected chi connectivity index (χ0v) is 12.9. The molecule has 0 aromatic carbocycles. The van der Waals surface area contributed by atoms with E-state index < -0.39 is 35.0 Å². The molecule has 0 aliphatic rings. The lowest BCUT2D eigenvalue weighted by atomic mass is 9.74. The van der Waals surface area contributed by atoms with Crippen molar-refractivity contribution in [2.75, 3.05) is 0 Å². The Kier molecular flexibility index (Phi) is 6.82. The van der Waals surface area contributed by atoms with Gasteiger partial charge in [-0.3, -0.25) is 0 Å². The van der Waals surface area contributed by atoms with Gasteiger partial charge in [0.2, 0.25) is 0 Å². The Morgan fingerprint density at radius 2 is 1.24 bits per heavy atom. The third-order valence-corrected chi connectivity index (χ3v) is 4.40. The van der Waals surface area contributed by atoms with Crippen molar-refractivity contribution < 1.29 is 34.4 Å². The molecule has 1 atom stereocenters. The molecular weight excluding hydrogens is 280 g/mol. The molecule has 0 saturated heterocycles. The Labute approximate surface area is 123 Å². The van der Waals surface area contributed by atoms with Gasteiger partial charge in [-0.1, -0.05) is 27.7 Å². The highest BCUT2D eigenvalue weighted by Crippen LogP contribution is 2.39. The molecule has 21 heavy (non-hydrogen) atoms. The second-order valence-corrected chi connectivity index (χ2v) is 5.05. The summed E-state index contributed by atoms with van der Waals surface area (Å²) < 4.78 is 5.21. The smallest absolute Gasteiger partial charge is 0.347 e. The monoisotopic (exact) mass is 304 g/mol. The van der Waals surface area contributed by atoms with Gasteiger partial charge in [-0.2, -0.15) is 0 Å². The van der Waals surface area contributed by atoms with E-state index in [0.717, 1.165) is 0 Å². The van der Waals surface area contributed by atoms with Crippen molar-refractivity contribution in [2.45, 2.75) is 65.1 Å². The Morgan fingerprint density at radius 1 is 0.857 bits per heavy atom. The molecule has 0 bridgehead atoms. The summed E-state index contributed by atoms with van der Waals surface area (Å²) in [5.41, 5.74) is -3.36. The van der Waals surface area contributed by atoms with Crippen molar-refractivity contribution in [3.05, 3.63) is 0 Å². The van der Waals surface area contributed by atoms with Gasteiger partial charge < -0.3 is 20.1 Å². The van der Waals surface area contributed by atoms with Gasteiger partial charge in [0.1, 0.15) is 0 Å². The van der Waals surface area contributed by atoms with Crippen molar-refractivity contribution >= 4 is 17.9 Å². The maximum Gasteiger partial charge on any atom is 0.347 e. The highest BCUT2D eigenvalue weighted by atomic mass is 16.6. The molecule has 7 nitrogen and oxygen atoms in total. The van der Waals surface area contributed by atoms with Gasteiger partial charge in [-0.15, -0.1) is 0 Å². The first-order valence-corrected chi connectivity index (χ1v) is 7.04. The number of aliphatic carboxylic acids is 3. The summed E-state index contributed by atoms with van der Waals surface area (Å²) in [7, 11) is 0. The van der Waals surface area contributed by atoms with Gasteiger partial charge in [0.15, 0.2) is 6.10 Å². The number of carboxylic acids is 3. The van der Waals surface area contributed by atoms with Crippen LogP contribution in [0.2, 0.25) is 0 Å². The average molecular weight is 304 g/mol. The van der Waals surface area contributed by atoms with E-state index in [-0.39, 0.29) is 6.42 Å². The van der Waals surface area contributed by atoms with Crippen molar-refractivity contribution in [1.82, 2.24) is 0 Å². The molecule has 122 valence electrons. The van der Waals surface area contributed by atoms with E-state index in [1.54, 1.807) is 20.8 Å². The second kappa shape index (κ2) is 7.40. The van der Waals surface area contributed by atoms with Gasteiger partial charge in [0.05, 0.1) is 0 Å². The Balaban J connectivity index is 5.86.